The van der Waals surface area contributed by atoms with Crippen LogP contribution in [0.5, 0.6) is 0 Å². The topological polar surface area (TPSA) is 32.3 Å². The van der Waals surface area contributed by atoms with Gasteiger partial charge in [0.05, 0.1) is 5.54 Å². The standard InChI is InChI=1S/C18H26N2O/c1-14-7-6-8-15(2)16(14)17(21)20-12-11-19-13-18(20)9-4-3-5-10-18/h6-8,19H,3-5,9-13H2,1-2H3. The zero-order chi connectivity index (χ0) is 14.9. The average molecular weight is 286 g/mol. The predicted molar refractivity (Wildman–Crippen MR) is 85.6 cm³/mol. The van der Waals surface area contributed by atoms with Gasteiger partial charge in [0, 0.05) is 25.2 Å². The van der Waals surface area contributed by atoms with Gasteiger partial charge in [0.2, 0.25) is 0 Å². The molecule has 114 valence electrons. The lowest BCUT2D eigenvalue weighted by atomic mass is 9.78. The molecule has 1 aliphatic carbocycles. The first-order valence-electron chi connectivity index (χ1n) is 8.23. The quantitative estimate of drug-likeness (QED) is 0.860. The van der Waals surface area contributed by atoms with Crippen LogP contribution in [-0.4, -0.2) is 36.0 Å². The summed E-state index contributed by atoms with van der Waals surface area (Å²) in [6, 6.07) is 6.14. The molecule has 0 unspecified atom stereocenters. The molecule has 0 atom stereocenters. The second-order valence-electron chi connectivity index (χ2n) is 6.69. The Balaban J connectivity index is 1.95. The lowest BCUT2D eigenvalue weighted by Crippen LogP contribution is -2.63. The smallest absolute Gasteiger partial charge is 0.254 e. The van der Waals surface area contributed by atoms with Crippen molar-refractivity contribution in [2.45, 2.75) is 51.5 Å². The van der Waals surface area contributed by atoms with Gasteiger partial charge >= 0.3 is 0 Å². The van der Waals surface area contributed by atoms with Gasteiger partial charge in [-0.15, -0.1) is 0 Å². The van der Waals surface area contributed by atoms with E-state index < -0.39 is 0 Å². The lowest BCUT2D eigenvalue weighted by molar-refractivity contribution is 0.0221. The second-order valence-corrected chi connectivity index (χ2v) is 6.69. The van der Waals surface area contributed by atoms with Crippen LogP contribution in [-0.2, 0) is 0 Å². The van der Waals surface area contributed by atoms with E-state index in [0.29, 0.717) is 0 Å². The third kappa shape index (κ3) is 2.59. The number of rotatable bonds is 1. The molecule has 1 saturated carbocycles. The molecule has 1 aromatic carbocycles. The minimum absolute atomic E-state index is 0.0578. The summed E-state index contributed by atoms with van der Waals surface area (Å²) in [6.45, 7) is 6.82. The van der Waals surface area contributed by atoms with Gasteiger partial charge in [0.1, 0.15) is 0 Å². The highest BCUT2D eigenvalue weighted by Crippen LogP contribution is 2.36. The summed E-state index contributed by atoms with van der Waals surface area (Å²) in [6.07, 6.45) is 6.11. The molecular weight excluding hydrogens is 260 g/mol. The van der Waals surface area contributed by atoms with Crippen LogP contribution in [0.3, 0.4) is 0 Å². The third-order valence-corrected chi connectivity index (χ3v) is 5.26. The Morgan fingerprint density at radius 1 is 1.14 bits per heavy atom. The van der Waals surface area contributed by atoms with Crippen molar-refractivity contribution in [2.75, 3.05) is 19.6 Å². The molecule has 3 rings (SSSR count). The Morgan fingerprint density at radius 2 is 1.81 bits per heavy atom. The average Bonchev–Trinajstić information content (AvgIpc) is 2.48. The minimum Gasteiger partial charge on any atom is -0.330 e. The van der Waals surface area contributed by atoms with Crippen molar-refractivity contribution < 1.29 is 4.79 Å². The molecule has 1 N–H and O–H groups in total. The summed E-state index contributed by atoms with van der Waals surface area (Å²) in [5.41, 5.74) is 3.18. The van der Waals surface area contributed by atoms with E-state index in [1.54, 1.807) is 0 Å². The molecular formula is C18H26N2O. The maximum absolute atomic E-state index is 13.2. The van der Waals surface area contributed by atoms with Gasteiger partial charge in [-0.25, -0.2) is 0 Å². The highest BCUT2D eigenvalue weighted by Gasteiger charge is 2.42. The Labute approximate surface area is 127 Å². The molecule has 1 aliphatic heterocycles. The van der Waals surface area contributed by atoms with Crippen LogP contribution < -0.4 is 5.32 Å². The predicted octanol–water partition coefficient (Wildman–Crippen LogP) is 3.05. The van der Waals surface area contributed by atoms with Crippen LogP contribution >= 0.6 is 0 Å². The van der Waals surface area contributed by atoms with E-state index in [0.717, 1.165) is 49.2 Å². The zero-order valence-electron chi connectivity index (χ0n) is 13.2. The van der Waals surface area contributed by atoms with E-state index in [4.69, 9.17) is 0 Å². The van der Waals surface area contributed by atoms with E-state index in [9.17, 15) is 4.79 Å². The monoisotopic (exact) mass is 286 g/mol. The van der Waals surface area contributed by atoms with E-state index in [2.05, 4.69) is 36.2 Å². The highest BCUT2D eigenvalue weighted by molar-refractivity contribution is 5.97. The van der Waals surface area contributed by atoms with Gasteiger partial charge in [-0.05, 0) is 37.8 Å². The van der Waals surface area contributed by atoms with Crippen molar-refractivity contribution >= 4 is 5.91 Å². The SMILES string of the molecule is Cc1cccc(C)c1C(=O)N1CCNCC12CCCCC2. The Bertz CT molecular complexity index is 504. The summed E-state index contributed by atoms with van der Waals surface area (Å²) >= 11 is 0. The largest absolute Gasteiger partial charge is 0.330 e. The molecule has 0 radical (unpaired) electrons. The number of carbonyl (C=O) groups excluding carboxylic acids is 1. The number of nitrogens with one attached hydrogen (secondary N) is 1. The molecule has 2 fully saturated rings. The number of hydrogen-bond donors (Lipinski definition) is 1. The van der Waals surface area contributed by atoms with Crippen LogP contribution in [0.15, 0.2) is 18.2 Å². The summed E-state index contributed by atoms with van der Waals surface area (Å²) in [5, 5.41) is 3.52. The fourth-order valence-corrected chi connectivity index (χ4v) is 4.10. The number of benzene rings is 1. The van der Waals surface area contributed by atoms with Crippen LogP contribution in [0, 0.1) is 13.8 Å². The van der Waals surface area contributed by atoms with Crippen LogP contribution in [0.25, 0.3) is 0 Å². The van der Waals surface area contributed by atoms with Crippen molar-refractivity contribution in [3.8, 4) is 0 Å². The molecule has 1 amide bonds. The minimum atomic E-state index is 0.0578. The second kappa shape index (κ2) is 5.80. The van der Waals surface area contributed by atoms with Gasteiger partial charge in [0.25, 0.3) is 5.91 Å². The maximum atomic E-state index is 13.2. The Hall–Kier alpha value is -1.35. The molecule has 21 heavy (non-hydrogen) atoms. The van der Waals surface area contributed by atoms with Gasteiger partial charge in [-0.2, -0.15) is 0 Å². The summed E-state index contributed by atoms with van der Waals surface area (Å²) in [4.78, 5) is 15.4. The maximum Gasteiger partial charge on any atom is 0.254 e. The summed E-state index contributed by atoms with van der Waals surface area (Å²) in [5.74, 6) is 0.244. The number of hydrogen-bond acceptors (Lipinski definition) is 2. The first-order chi connectivity index (χ1) is 10.1. The van der Waals surface area contributed by atoms with Gasteiger partial charge in [0.15, 0.2) is 0 Å². The first-order valence-corrected chi connectivity index (χ1v) is 8.23. The van der Waals surface area contributed by atoms with Crippen molar-refractivity contribution in [3.05, 3.63) is 34.9 Å². The molecule has 1 saturated heterocycles. The molecule has 1 spiro atoms. The Kier molecular flexibility index (Phi) is 4.03. The zero-order valence-corrected chi connectivity index (χ0v) is 13.2. The summed E-state index contributed by atoms with van der Waals surface area (Å²) in [7, 11) is 0. The lowest BCUT2D eigenvalue weighted by Gasteiger charge is -2.50. The number of amides is 1. The molecule has 2 aliphatic rings. The van der Waals surface area contributed by atoms with Crippen LogP contribution in [0.1, 0.15) is 53.6 Å². The van der Waals surface area contributed by atoms with Gasteiger partial charge in [-0.1, -0.05) is 37.5 Å². The van der Waals surface area contributed by atoms with Gasteiger partial charge in [-0.3, -0.25) is 4.79 Å². The normalized spacial score (nSPS) is 21.5. The Morgan fingerprint density at radius 3 is 2.48 bits per heavy atom. The molecule has 1 aromatic rings. The number of carbonyl (C=O) groups is 1. The third-order valence-electron chi connectivity index (χ3n) is 5.26. The van der Waals surface area contributed by atoms with E-state index in [1.807, 2.05) is 6.07 Å². The van der Waals surface area contributed by atoms with Crippen molar-refractivity contribution in [3.63, 3.8) is 0 Å². The fraction of sp³-hybridized carbons (Fsp3) is 0.611. The van der Waals surface area contributed by atoms with Crippen molar-refractivity contribution in [2.24, 2.45) is 0 Å². The first kappa shape index (κ1) is 14.6. The molecule has 0 bridgehead atoms. The molecule has 0 aromatic heterocycles. The van der Waals surface area contributed by atoms with Gasteiger partial charge < -0.3 is 10.2 Å². The molecule has 3 nitrogen and oxygen atoms in total. The fourth-order valence-electron chi connectivity index (χ4n) is 4.10. The van der Waals surface area contributed by atoms with E-state index >= 15 is 0 Å². The van der Waals surface area contributed by atoms with Crippen LogP contribution in [0.2, 0.25) is 0 Å². The van der Waals surface area contributed by atoms with E-state index in [-0.39, 0.29) is 11.4 Å². The number of aryl methyl sites for hydroxylation is 2. The highest BCUT2D eigenvalue weighted by atomic mass is 16.2. The number of nitrogens with zero attached hydrogens (tertiary/aromatic N) is 1. The molecule has 1 heterocycles. The molecule has 3 heteroatoms. The van der Waals surface area contributed by atoms with Crippen molar-refractivity contribution in [1.29, 1.82) is 0 Å². The summed E-state index contributed by atoms with van der Waals surface area (Å²) < 4.78 is 0. The number of piperazine rings is 1. The van der Waals surface area contributed by atoms with Crippen molar-refractivity contribution in [1.82, 2.24) is 10.2 Å². The van der Waals surface area contributed by atoms with Crippen LogP contribution in [0.4, 0.5) is 0 Å². The van der Waals surface area contributed by atoms with E-state index in [1.165, 1.54) is 19.3 Å².